The van der Waals surface area contributed by atoms with Gasteiger partial charge in [-0.3, -0.25) is 0 Å². The molecule has 21 heavy (non-hydrogen) atoms. The average molecular weight is 284 g/mol. The molecule has 0 saturated heterocycles. The molecule has 0 fully saturated rings. The first-order chi connectivity index (χ1) is 10.3. The molecule has 0 unspecified atom stereocenters. The van der Waals surface area contributed by atoms with Gasteiger partial charge in [-0.15, -0.1) is 0 Å². The van der Waals surface area contributed by atoms with Crippen LogP contribution in [0, 0.1) is 0 Å². The molecule has 1 atom stereocenters. The summed E-state index contributed by atoms with van der Waals surface area (Å²) in [5, 5.41) is 0. The van der Waals surface area contributed by atoms with Crippen LogP contribution in [0.3, 0.4) is 0 Å². The Morgan fingerprint density at radius 3 is 2.48 bits per heavy atom. The predicted molar refractivity (Wildman–Crippen MR) is 79.5 cm³/mol. The molecule has 0 amide bonds. The monoisotopic (exact) mass is 284 g/mol. The van der Waals surface area contributed by atoms with Crippen molar-refractivity contribution < 1.29 is 14.3 Å². The third-order valence-corrected chi connectivity index (χ3v) is 3.25. The SMILES string of the molecule is COc1ccc([C@H]2N=C(c3ccccc3)NO2)cc1OC. The number of aliphatic imine (C=N–C) groups is 1. The van der Waals surface area contributed by atoms with Crippen molar-refractivity contribution in [1.29, 1.82) is 0 Å². The number of hydrogen-bond acceptors (Lipinski definition) is 5. The van der Waals surface area contributed by atoms with Crippen LogP contribution in [-0.4, -0.2) is 20.1 Å². The van der Waals surface area contributed by atoms with Gasteiger partial charge < -0.3 is 9.47 Å². The summed E-state index contributed by atoms with van der Waals surface area (Å²) >= 11 is 0. The number of nitrogens with zero attached hydrogens (tertiary/aromatic N) is 1. The second kappa shape index (κ2) is 5.85. The van der Waals surface area contributed by atoms with Gasteiger partial charge in [-0.05, 0) is 12.1 Å². The maximum absolute atomic E-state index is 5.53. The highest BCUT2D eigenvalue weighted by Crippen LogP contribution is 2.32. The number of hydrogen-bond donors (Lipinski definition) is 1. The van der Waals surface area contributed by atoms with Crippen LogP contribution in [0.1, 0.15) is 17.4 Å². The standard InChI is InChI=1S/C16H16N2O3/c1-19-13-9-8-12(10-14(13)20-2)16-17-15(18-21-16)11-6-4-3-5-7-11/h3-10,16H,1-2H3,(H,17,18)/t16-/m0/s1. The summed E-state index contributed by atoms with van der Waals surface area (Å²) in [6.45, 7) is 0. The fraction of sp³-hybridized carbons (Fsp3) is 0.188. The Kier molecular flexibility index (Phi) is 3.75. The number of methoxy groups -OCH3 is 2. The van der Waals surface area contributed by atoms with Crippen molar-refractivity contribution in [2.45, 2.75) is 6.23 Å². The van der Waals surface area contributed by atoms with Crippen molar-refractivity contribution in [2.24, 2.45) is 4.99 Å². The van der Waals surface area contributed by atoms with Gasteiger partial charge in [0.2, 0.25) is 6.23 Å². The molecular weight excluding hydrogens is 268 g/mol. The molecule has 1 N–H and O–H groups in total. The summed E-state index contributed by atoms with van der Waals surface area (Å²) in [5.74, 6) is 2.05. The molecule has 5 heteroatoms. The van der Waals surface area contributed by atoms with E-state index in [9.17, 15) is 0 Å². The molecule has 0 bridgehead atoms. The van der Waals surface area contributed by atoms with E-state index in [0.717, 1.165) is 17.0 Å². The number of nitrogens with one attached hydrogen (secondary N) is 1. The molecule has 3 rings (SSSR count). The molecule has 2 aromatic rings. The summed E-state index contributed by atoms with van der Waals surface area (Å²) < 4.78 is 10.5. The summed E-state index contributed by atoms with van der Waals surface area (Å²) in [4.78, 5) is 10.1. The van der Waals surface area contributed by atoms with Gasteiger partial charge in [0.1, 0.15) is 0 Å². The van der Waals surface area contributed by atoms with E-state index in [2.05, 4.69) is 10.5 Å². The molecule has 0 radical (unpaired) electrons. The van der Waals surface area contributed by atoms with E-state index in [1.54, 1.807) is 14.2 Å². The minimum absolute atomic E-state index is 0.403. The Balaban J connectivity index is 1.87. The molecule has 0 spiro atoms. The van der Waals surface area contributed by atoms with Crippen LogP contribution in [0.5, 0.6) is 11.5 Å². The van der Waals surface area contributed by atoms with Gasteiger partial charge in [0.15, 0.2) is 17.3 Å². The van der Waals surface area contributed by atoms with Crippen LogP contribution < -0.4 is 15.0 Å². The molecule has 5 nitrogen and oxygen atoms in total. The third kappa shape index (κ3) is 2.68. The van der Waals surface area contributed by atoms with E-state index in [4.69, 9.17) is 14.3 Å². The smallest absolute Gasteiger partial charge is 0.202 e. The van der Waals surface area contributed by atoms with Crippen LogP contribution in [0.2, 0.25) is 0 Å². The molecular formula is C16H16N2O3. The zero-order chi connectivity index (χ0) is 14.7. The van der Waals surface area contributed by atoms with Crippen LogP contribution in [0.15, 0.2) is 53.5 Å². The number of amidine groups is 1. The Morgan fingerprint density at radius 2 is 1.76 bits per heavy atom. The fourth-order valence-corrected chi connectivity index (χ4v) is 2.16. The van der Waals surface area contributed by atoms with Gasteiger partial charge in [0, 0.05) is 11.1 Å². The molecule has 0 aliphatic carbocycles. The zero-order valence-electron chi connectivity index (χ0n) is 11.9. The molecule has 1 aliphatic rings. The van der Waals surface area contributed by atoms with Crippen molar-refractivity contribution in [1.82, 2.24) is 5.48 Å². The fourth-order valence-electron chi connectivity index (χ4n) is 2.16. The first kappa shape index (κ1) is 13.5. The lowest BCUT2D eigenvalue weighted by Gasteiger charge is -2.11. The highest BCUT2D eigenvalue weighted by Gasteiger charge is 2.22. The Bertz CT molecular complexity index is 656. The van der Waals surface area contributed by atoms with Crippen molar-refractivity contribution in [3.8, 4) is 11.5 Å². The molecule has 1 heterocycles. The summed E-state index contributed by atoms with van der Waals surface area (Å²) in [5.41, 5.74) is 4.75. The highest BCUT2D eigenvalue weighted by molar-refractivity contribution is 5.98. The van der Waals surface area contributed by atoms with Gasteiger partial charge in [-0.25, -0.2) is 15.3 Å². The second-order valence-electron chi connectivity index (χ2n) is 4.53. The minimum Gasteiger partial charge on any atom is -0.493 e. The van der Waals surface area contributed by atoms with Crippen LogP contribution in [-0.2, 0) is 4.84 Å². The summed E-state index contributed by atoms with van der Waals surface area (Å²) in [6.07, 6.45) is -0.403. The predicted octanol–water partition coefficient (Wildman–Crippen LogP) is 2.68. The minimum atomic E-state index is -0.403. The first-order valence-electron chi connectivity index (χ1n) is 6.58. The van der Waals surface area contributed by atoms with E-state index in [1.165, 1.54) is 0 Å². The van der Waals surface area contributed by atoms with Crippen LogP contribution in [0.25, 0.3) is 0 Å². The molecule has 2 aromatic carbocycles. The molecule has 0 aromatic heterocycles. The van der Waals surface area contributed by atoms with E-state index in [-0.39, 0.29) is 0 Å². The van der Waals surface area contributed by atoms with Gasteiger partial charge >= 0.3 is 0 Å². The Labute approximate surface area is 123 Å². The lowest BCUT2D eigenvalue weighted by Crippen LogP contribution is -2.17. The number of rotatable bonds is 4. The van der Waals surface area contributed by atoms with E-state index >= 15 is 0 Å². The maximum atomic E-state index is 5.53. The molecule has 0 saturated carbocycles. The Morgan fingerprint density at radius 1 is 1.00 bits per heavy atom. The average Bonchev–Trinajstić information content (AvgIpc) is 3.05. The number of ether oxygens (including phenoxy) is 2. The normalized spacial score (nSPS) is 17.0. The lowest BCUT2D eigenvalue weighted by molar-refractivity contribution is 0.0375. The van der Waals surface area contributed by atoms with Gasteiger partial charge in [-0.2, -0.15) is 0 Å². The van der Waals surface area contributed by atoms with Crippen molar-refractivity contribution in [3.05, 3.63) is 59.7 Å². The van der Waals surface area contributed by atoms with Gasteiger partial charge in [-0.1, -0.05) is 36.4 Å². The number of hydroxylamine groups is 1. The maximum Gasteiger partial charge on any atom is 0.202 e. The van der Waals surface area contributed by atoms with Crippen LogP contribution in [0.4, 0.5) is 0 Å². The van der Waals surface area contributed by atoms with E-state index < -0.39 is 6.23 Å². The van der Waals surface area contributed by atoms with Crippen molar-refractivity contribution in [3.63, 3.8) is 0 Å². The largest absolute Gasteiger partial charge is 0.493 e. The highest BCUT2D eigenvalue weighted by atomic mass is 16.7. The van der Waals surface area contributed by atoms with Gasteiger partial charge in [0.05, 0.1) is 14.2 Å². The first-order valence-corrected chi connectivity index (χ1v) is 6.58. The summed E-state index contributed by atoms with van der Waals surface area (Å²) in [6, 6.07) is 15.5. The third-order valence-electron chi connectivity index (χ3n) is 3.25. The Hall–Kier alpha value is -2.53. The lowest BCUT2D eigenvalue weighted by atomic mass is 10.1. The quantitative estimate of drug-likeness (QED) is 0.938. The molecule has 108 valence electrons. The van der Waals surface area contributed by atoms with E-state index in [1.807, 2.05) is 48.5 Å². The van der Waals surface area contributed by atoms with Crippen molar-refractivity contribution >= 4 is 5.84 Å². The number of benzene rings is 2. The topological polar surface area (TPSA) is 52.1 Å². The summed E-state index contributed by atoms with van der Waals surface area (Å²) in [7, 11) is 3.21. The van der Waals surface area contributed by atoms with Gasteiger partial charge in [0.25, 0.3) is 0 Å². The van der Waals surface area contributed by atoms with Crippen LogP contribution >= 0.6 is 0 Å². The zero-order valence-corrected chi connectivity index (χ0v) is 11.9. The van der Waals surface area contributed by atoms with Crippen molar-refractivity contribution in [2.75, 3.05) is 14.2 Å². The molecule has 1 aliphatic heterocycles. The second-order valence-corrected chi connectivity index (χ2v) is 4.53. The van der Waals surface area contributed by atoms with E-state index in [0.29, 0.717) is 11.5 Å².